The Hall–Kier alpha value is -2.89. The van der Waals surface area contributed by atoms with Crippen molar-refractivity contribution < 1.29 is 9.59 Å². The molecule has 0 aliphatic carbocycles. The lowest BCUT2D eigenvalue weighted by molar-refractivity contribution is 0.0670. The maximum atomic E-state index is 12.6. The molecule has 2 heterocycles. The molecule has 0 saturated carbocycles. The summed E-state index contributed by atoms with van der Waals surface area (Å²) in [7, 11) is 3.34. The molecule has 1 saturated heterocycles. The Balaban J connectivity index is 1.72. The second-order valence-electron chi connectivity index (χ2n) is 6.54. The first-order valence-electron chi connectivity index (χ1n) is 8.27. The molecule has 3 rings (SSSR count). The summed E-state index contributed by atoms with van der Waals surface area (Å²) in [5.74, 6) is 0.215. The van der Waals surface area contributed by atoms with Gasteiger partial charge in [0.15, 0.2) is 0 Å². The summed E-state index contributed by atoms with van der Waals surface area (Å²) < 4.78 is 0. The van der Waals surface area contributed by atoms with Crippen molar-refractivity contribution in [3.63, 3.8) is 0 Å². The zero-order chi connectivity index (χ0) is 18.0. The summed E-state index contributed by atoms with van der Waals surface area (Å²) in [4.78, 5) is 32.0. The molecule has 2 atom stereocenters. The molecule has 1 aromatic heterocycles. The zero-order valence-corrected chi connectivity index (χ0v) is 14.6. The third-order valence-electron chi connectivity index (χ3n) is 4.40. The van der Waals surface area contributed by atoms with Gasteiger partial charge in [-0.1, -0.05) is 37.3 Å². The van der Waals surface area contributed by atoms with Crippen LogP contribution in [0.25, 0.3) is 0 Å². The van der Waals surface area contributed by atoms with Crippen LogP contribution in [0.15, 0.2) is 48.7 Å². The van der Waals surface area contributed by atoms with E-state index < -0.39 is 0 Å². The fraction of sp³-hybridized carbons (Fsp3) is 0.316. The van der Waals surface area contributed by atoms with Gasteiger partial charge in [-0.25, -0.2) is 4.79 Å². The van der Waals surface area contributed by atoms with Gasteiger partial charge in [0.2, 0.25) is 0 Å². The Morgan fingerprint density at radius 1 is 1.20 bits per heavy atom. The number of carbonyl (C=O) groups excluding carboxylic acids is 2. The van der Waals surface area contributed by atoms with Crippen molar-refractivity contribution >= 4 is 17.6 Å². The number of rotatable bonds is 3. The fourth-order valence-corrected chi connectivity index (χ4v) is 3.11. The lowest BCUT2D eigenvalue weighted by Gasteiger charge is -2.46. The van der Waals surface area contributed by atoms with E-state index in [0.717, 1.165) is 5.56 Å². The molecule has 1 N–H and O–H groups in total. The van der Waals surface area contributed by atoms with E-state index in [0.29, 0.717) is 23.8 Å². The molecule has 25 heavy (non-hydrogen) atoms. The van der Waals surface area contributed by atoms with Crippen LogP contribution in [0.4, 0.5) is 10.5 Å². The van der Waals surface area contributed by atoms with Crippen molar-refractivity contribution in [2.75, 3.05) is 26.0 Å². The van der Waals surface area contributed by atoms with Gasteiger partial charge in [0.05, 0.1) is 6.04 Å². The summed E-state index contributed by atoms with van der Waals surface area (Å²) in [6.07, 6.45) is 1.53. The first kappa shape index (κ1) is 17.0. The average molecular weight is 338 g/mol. The minimum Gasteiger partial charge on any atom is -0.343 e. The quantitative estimate of drug-likeness (QED) is 0.935. The molecule has 1 aromatic carbocycles. The molecular formula is C19H22N4O2. The molecule has 0 radical (unpaired) electrons. The van der Waals surface area contributed by atoms with Crippen LogP contribution in [0, 0.1) is 5.92 Å². The standard InChI is InChI=1S/C19H22N4O2/c1-13-12-23(17(13)14-7-5-4-6-8-14)19(25)21-15-9-10-20-16(11-15)18(24)22(2)3/h4-11,13,17H,12H2,1-3H3,(H,20,21,25)/t13-,17-/m0/s1. The largest absolute Gasteiger partial charge is 0.343 e. The number of anilines is 1. The second-order valence-corrected chi connectivity index (χ2v) is 6.54. The van der Waals surface area contributed by atoms with Gasteiger partial charge in [0.25, 0.3) is 5.91 Å². The molecular weight excluding hydrogens is 316 g/mol. The third-order valence-corrected chi connectivity index (χ3v) is 4.40. The van der Waals surface area contributed by atoms with E-state index in [-0.39, 0.29) is 18.0 Å². The van der Waals surface area contributed by atoms with Crippen molar-refractivity contribution in [2.45, 2.75) is 13.0 Å². The third kappa shape index (κ3) is 3.47. The lowest BCUT2D eigenvalue weighted by Crippen LogP contribution is -2.53. The number of nitrogens with zero attached hydrogens (tertiary/aromatic N) is 3. The van der Waals surface area contributed by atoms with Crippen molar-refractivity contribution in [1.29, 1.82) is 0 Å². The molecule has 1 aliphatic heterocycles. The van der Waals surface area contributed by atoms with Crippen LogP contribution in [0.2, 0.25) is 0 Å². The van der Waals surface area contributed by atoms with Crippen LogP contribution < -0.4 is 5.32 Å². The van der Waals surface area contributed by atoms with Crippen LogP contribution in [0.1, 0.15) is 29.0 Å². The van der Waals surface area contributed by atoms with Gasteiger partial charge in [-0.15, -0.1) is 0 Å². The predicted molar refractivity (Wildman–Crippen MR) is 96.3 cm³/mol. The topological polar surface area (TPSA) is 65.5 Å². The number of hydrogen-bond acceptors (Lipinski definition) is 3. The fourth-order valence-electron chi connectivity index (χ4n) is 3.11. The maximum Gasteiger partial charge on any atom is 0.322 e. The van der Waals surface area contributed by atoms with E-state index in [4.69, 9.17) is 0 Å². The maximum absolute atomic E-state index is 12.6. The number of amides is 3. The Morgan fingerprint density at radius 2 is 1.92 bits per heavy atom. The van der Waals surface area contributed by atoms with Crippen molar-refractivity contribution in [1.82, 2.24) is 14.8 Å². The zero-order valence-electron chi connectivity index (χ0n) is 14.6. The minimum atomic E-state index is -0.198. The van der Waals surface area contributed by atoms with Crippen molar-refractivity contribution in [3.05, 3.63) is 59.9 Å². The second kappa shape index (κ2) is 6.93. The lowest BCUT2D eigenvalue weighted by atomic mass is 9.85. The molecule has 1 fully saturated rings. The number of carbonyl (C=O) groups is 2. The van der Waals surface area contributed by atoms with Crippen LogP contribution in [-0.2, 0) is 0 Å². The number of benzene rings is 1. The molecule has 3 amide bonds. The molecule has 0 unspecified atom stereocenters. The van der Waals surface area contributed by atoms with Gasteiger partial charge < -0.3 is 15.1 Å². The highest BCUT2D eigenvalue weighted by Gasteiger charge is 2.39. The van der Waals surface area contributed by atoms with E-state index in [1.165, 1.54) is 11.1 Å². The highest BCUT2D eigenvalue weighted by Crippen LogP contribution is 2.38. The van der Waals surface area contributed by atoms with Crippen LogP contribution in [0.3, 0.4) is 0 Å². The Kier molecular flexibility index (Phi) is 4.70. The SMILES string of the molecule is C[C@H]1CN(C(=O)Nc2ccnc(C(=O)N(C)C)c2)[C@@H]1c1ccccc1. The number of nitrogens with one attached hydrogen (secondary N) is 1. The highest BCUT2D eigenvalue weighted by atomic mass is 16.2. The summed E-state index contributed by atoms with van der Waals surface area (Å²) in [5.41, 5.74) is 2.01. The van der Waals surface area contributed by atoms with E-state index in [9.17, 15) is 9.59 Å². The Labute approximate surface area is 147 Å². The van der Waals surface area contributed by atoms with Crippen molar-refractivity contribution in [3.8, 4) is 0 Å². The minimum absolute atomic E-state index is 0.0749. The molecule has 0 bridgehead atoms. The number of urea groups is 1. The Morgan fingerprint density at radius 3 is 2.56 bits per heavy atom. The number of aromatic nitrogens is 1. The molecule has 2 aromatic rings. The van der Waals surface area contributed by atoms with Gasteiger partial charge in [0, 0.05) is 32.5 Å². The van der Waals surface area contributed by atoms with Crippen LogP contribution >= 0.6 is 0 Å². The highest BCUT2D eigenvalue weighted by molar-refractivity contribution is 5.95. The first-order chi connectivity index (χ1) is 12.0. The molecule has 1 aliphatic rings. The molecule has 6 nitrogen and oxygen atoms in total. The van der Waals surface area contributed by atoms with E-state index in [1.54, 1.807) is 26.2 Å². The summed E-state index contributed by atoms with van der Waals surface area (Å²) in [6, 6.07) is 13.2. The van der Waals surface area contributed by atoms with E-state index >= 15 is 0 Å². The number of pyridine rings is 1. The van der Waals surface area contributed by atoms with Gasteiger partial charge in [-0.2, -0.15) is 0 Å². The normalized spacial score (nSPS) is 19.1. The summed E-state index contributed by atoms with van der Waals surface area (Å²) >= 11 is 0. The monoisotopic (exact) mass is 338 g/mol. The molecule has 6 heteroatoms. The van der Waals surface area contributed by atoms with Gasteiger partial charge in [-0.05, 0) is 23.6 Å². The molecule has 130 valence electrons. The Bertz CT molecular complexity index is 776. The van der Waals surface area contributed by atoms with Gasteiger partial charge >= 0.3 is 6.03 Å². The van der Waals surface area contributed by atoms with E-state index in [2.05, 4.69) is 17.2 Å². The summed E-state index contributed by atoms with van der Waals surface area (Å²) in [5, 5.41) is 2.87. The van der Waals surface area contributed by atoms with Crippen LogP contribution in [-0.4, -0.2) is 47.4 Å². The van der Waals surface area contributed by atoms with Gasteiger partial charge in [-0.3, -0.25) is 9.78 Å². The predicted octanol–water partition coefficient (Wildman–Crippen LogP) is 3.01. The van der Waals surface area contributed by atoms with Gasteiger partial charge in [0.1, 0.15) is 5.69 Å². The molecule has 0 spiro atoms. The smallest absolute Gasteiger partial charge is 0.322 e. The van der Waals surface area contributed by atoms with Crippen molar-refractivity contribution in [2.24, 2.45) is 5.92 Å². The average Bonchev–Trinajstić information content (AvgIpc) is 2.59. The van der Waals surface area contributed by atoms with E-state index in [1.807, 2.05) is 35.2 Å². The number of likely N-dealkylation sites (tertiary alicyclic amines) is 1. The summed E-state index contributed by atoms with van der Waals surface area (Å²) in [6.45, 7) is 2.85. The first-order valence-corrected chi connectivity index (χ1v) is 8.27. The number of hydrogen-bond donors (Lipinski definition) is 1. The van der Waals surface area contributed by atoms with Crippen LogP contribution in [0.5, 0.6) is 0 Å².